The van der Waals surface area contributed by atoms with E-state index >= 15 is 0 Å². The number of hydroxylamine groups is 1. The minimum atomic E-state index is -3.55. The van der Waals surface area contributed by atoms with E-state index in [9.17, 15) is 8.42 Å². The summed E-state index contributed by atoms with van der Waals surface area (Å²) in [4.78, 5) is 5.45. The normalized spacial score (nSPS) is 17.7. The Morgan fingerprint density at radius 1 is 1.33 bits per heavy atom. The van der Waals surface area contributed by atoms with Gasteiger partial charge in [0.2, 0.25) is 0 Å². The molecule has 1 aromatic carbocycles. The van der Waals surface area contributed by atoms with Gasteiger partial charge < -0.3 is 4.74 Å². The molecule has 6 heteroatoms. The van der Waals surface area contributed by atoms with Crippen LogP contribution < -0.4 is 4.74 Å². The lowest BCUT2D eigenvalue weighted by Gasteiger charge is -2.25. The smallest absolute Gasteiger partial charge is 0.265 e. The largest absolute Gasteiger partial charge is 0.496 e. The van der Waals surface area contributed by atoms with E-state index in [1.54, 1.807) is 25.3 Å². The van der Waals surface area contributed by atoms with Crippen LogP contribution in [-0.4, -0.2) is 33.1 Å². The molecule has 0 N–H and O–H groups in total. The summed E-state index contributed by atoms with van der Waals surface area (Å²) in [5.74, 6) is 0.675. The van der Waals surface area contributed by atoms with Gasteiger partial charge in [0.25, 0.3) is 10.0 Å². The number of benzene rings is 1. The molecule has 0 spiro atoms. The second-order valence-corrected chi connectivity index (χ2v) is 6.03. The average Bonchev–Trinajstić information content (AvgIpc) is 2.39. The highest BCUT2D eigenvalue weighted by Gasteiger charge is 2.27. The fourth-order valence-corrected chi connectivity index (χ4v) is 3.28. The van der Waals surface area contributed by atoms with Gasteiger partial charge in [0, 0.05) is 6.54 Å². The molecule has 2 rings (SSSR count). The van der Waals surface area contributed by atoms with Crippen molar-refractivity contribution in [1.29, 1.82) is 0 Å². The van der Waals surface area contributed by atoms with Crippen LogP contribution >= 0.6 is 0 Å². The lowest BCUT2D eigenvalue weighted by atomic mass is 10.2. The van der Waals surface area contributed by atoms with Crippen molar-refractivity contribution in [3.8, 4) is 5.75 Å². The Morgan fingerprint density at radius 3 is 2.67 bits per heavy atom. The predicted octanol–water partition coefficient (Wildman–Crippen LogP) is 1.72. The molecule has 18 heavy (non-hydrogen) atoms. The van der Waals surface area contributed by atoms with Crippen molar-refractivity contribution in [1.82, 2.24) is 4.47 Å². The second-order valence-electron chi connectivity index (χ2n) is 4.20. The topological polar surface area (TPSA) is 55.8 Å². The van der Waals surface area contributed by atoms with Crippen LogP contribution in [0.3, 0.4) is 0 Å². The lowest BCUT2D eigenvalue weighted by molar-refractivity contribution is -0.108. The predicted molar refractivity (Wildman–Crippen MR) is 66.8 cm³/mol. The Labute approximate surface area is 107 Å². The number of hydrogen-bond donors (Lipinski definition) is 0. The third kappa shape index (κ3) is 2.50. The van der Waals surface area contributed by atoms with Gasteiger partial charge in [-0.15, -0.1) is 0 Å². The first-order valence-electron chi connectivity index (χ1n) is 5.86. The Morgan fingerprint density at radius 2 is 2.11 bits per heavy atom. The zero-order valence-corrected chi connectivity index (χ0v) is 11.4. The number of ether oxygens (including phenoxy) is 1. The van der Waals surface area contributed by atoms with E-state index in [-0.39, 0.29) is 4.90 Å². The molecule has 0 unspecified atom stereocenters. The molecule has 0 atom stereocenters. The zero-order valence-electron chi connectivity index (χ0n) is 10.5. The van der Waals surface area contributed by atoms with Crippen molar-refractivity contribution < 1.29 is 18.0 Å². The summed E-state index contributed by atoms with van der Waals surface area (Å²) < 4.78 is 30.8. The van der Waals surface area contributed by atoms with E-state index in [1.807, 2.05) is 6.92 Å². The highest BCUT2D eigenvalue weighted by molar-refractivity contribution is 7.89. The SMILES string of the molecule is COc1ccc(S(=O)(=O)N2CCCCO2)cc1C. The first-order chi connectivity index (χ1) is 8.55. The molecular formula is C12H17NO4S. The van der Waals surface area contributed by atoms with E-state index in [4.69, 9.17) is 9.57 Å². The Kier molecular flexibility index (Phi) is 3.89. The Balaban J connectivity index is 2.32. The first-order valence-corrected chi connectivity index (χ1v) is 7.30. The summed E-state index contributed by atoms with van der Waals surface area (Å²) >= 11 is 0. The zero-order chi connectivity index (χ0) is 13.2. The molecule has 0 radical (unpaired) electrons. The molecule has 1 heterocycles. The van der Waals surface area contributed by atoms with Crippen LogP contribution in [0.25, 0.3) is 0 Å². The average molecular weight is 271 g/mol. The number of methoxy groups -OCH3 is 1. The number of rotatable bonds is 3. The number of hydrogen-bond acceptors (Lipinski definition) is 4. The number of nitrogens with zero attached hydrogens (tertiary/aromatic N) is 1. The summed E-state index contributed by atoms with van der Waals surface area (Å²) in [6, 6.07) is 4.80. The minimum absolute atomic E-state index is 0.239. The van der Waals surface area contributed by atoms with Crippen LogP contribution in [0.5, 0.6) is 5.75 Å². The van der Waals surface area contributed by atoms with Crippen molar-refractivity contribution in [2.45, 2.75) is 24.7 Å². The van der Waals surface area contributed by atoms with Gasteiger partial charge >= 0.3 is 0 Å². The lowest BCUT2D eigenvalue weighted by Crippen LogP contribution is -2.35. The summed E-state index contributed by atoms with van der Waals surface area (Å²) in [5, 5.41) is 0. The minimum Gasteiger partial charge on any atom is -0.496 e. The van der Waals surface area contributed by atoms with Gasteiger partial charge in [0.15, 0.2) is 0 Å². The van der Waals surface area contributed by atoms with Gasteiger partial charge in [-0.1, -0.05) is 4.47 Å². The van der Waals surface area contributed by atoms with Gasteiger partial charge in [0.05, 0.1) is 18.6 Å². The molecule has 5 nitrogen and oxygen atoms in total. The molecule has 0 saturated carbocycles. The van der Waals surface area contributed by atoms with Crippen LogP contribution in [0.15, 0.2) is 23.1 Å². The molecule has 1 aliphatic heterocycles. The third-order valence-corrected chi connectivity index (χ3v) is 4.58. The van der Waals surface area contributed by atoms with Crippen LogP contribution in [-0.2, 0) is 14.9 Å². The van der Waals surface area contributed by atoms with Gasteiger partial charge in [-0.2, -0.15) is 0 Å². The van der Waals surface area contributed by atoms with Crippen molar-refractivity contribution in [2.24, 2.45) is 0 Å². The van der Waals surface area contributed by atoms with Crippen LogP contribution in [0.2, 0.25) is 0 Å². The van der Waals surface area contributed by atoms with Gasteiger partial charge in [-0.25, -0.2) is 8.42 Å². The van der Waals surface area contributed by atoms with Crippen molar-refractivity contribution in [3.63, 3.8) is 0 Å². The van der Waals surface area contributed by atoms with E-state index in [1.165, 1.54) is 0 Å². The molecule has 0 amide bonds. The molecule has 1 saturated heterocycles. The molecule has 0 bridgehead atoms. The molecule has 1 fully saturated rings. The van der Waals surface area contributed by atoms with Crippen LogP contribution in [0.1, 0.15) is 18.4 Å². The summed E-state index contributed by atoms with van der Waals surface area (Å²) in [6.07, 6.45) is 1.72. The van der Waals surface area contributed by atoms with E-state index in [0.29, 0.717) is 18.9 Å². The van der Waals surface area contributed by atoms with Gasteiger partial charge in [-0.3, -0.25) is 4.84 Å². The molecule has 0 aromatic heterocycles. The molecule has 1 aromatic rings. The maximum Gasteiger partial charge on any atom is 0.265 e. The quantitative estimate of drug-likeness (QED) is 0.840. The first kappa shape index (κ1) is 13.3. The van der Waals surface area contributed by atoms with Crippen LogP contribution in [0.4, 0.5) is 0 Å². The standard InChI is InChI=1S/C12H17NO4S/c1-10-9-11(5-6-12(10)16-2)18(14,15)13-7-3-4-8-17-13/h5-6,9H,3-4,7-8H2,1-2H3. The third-order valence-electron chi connectivity index (χ3n) is 2.90. The Bertz CT molecular complexity index is 521. The number of aryl methyl sites for hydroxylation is 1. The highest BCUT2D eigenvalue weighted by Crippen LogP contribution is 2.25. The second kappa shape index (κ2) is 5.26. The van der Waals surface area contributed by atoms with E-state index in [0.717, 1.165) is 22.9 Å². The fraction of sp³-hybridized carbons (Fsp3) is 0.500. The maximum absolute atomic E-state index is 12.3. The Hall–Kier alpha value is -1.11. The molecule has 1 aliphatic rings. The van der Waals surface area contributed by atoms with Crippen molar-refractivity contribution >= 4 is 10.0 Å². The van der Waals surface area contributed by atoms with Crippen molar-refractivity contribution in [2.75, 3.05) is 20.3 Å². The summed E-state index contributed by atoms with van der Waals surface area (Å²) in [6.45, 7) is 2.68. The molecule has 0 aliphatic carbocycles. The molecular weight excluding hydrogens is 254 g/mol. The summed E-state index contributed by atoms with van der Waals surface area (Å²) in [5.41, 5.74) is 0.788. The van der Waals surface area contributed by atoms with Crippen LogP contribution in [0, 0.1) is 6.92 Å². The van der Waals surface area contributed by atoms with Gasteiger partial charge in [0.1, 0.15) is 5.75 Å². The van der Waals surface area contributed by atoms with E-state index in [2.05, 4.69) is 0 Å². The highest BCUT2D eigenvalue weighted by atomic mass is 32.2. The maximum atomic E-state index is 12.3. The monoisotopic (exact) mass is 271 g/mol. The van der Waals surface area contributed by atoms with Crippen molar-refractivity contribution in [3.05, 3.63) is 23.8 Å². The summed E-state index contributed by atoms with van der Waals surface area (Å²) in [7, 11) is -1.99. The molecule has 100 valence electrons. The fourth-order valence-electron chi connectivity index (χ4n) is 1.89. The van der Waals surface area contributed by atoms with E-state index < -0.39 is 10.0 Å². The number of sulfonamides is 1. The van der Waals surface area contributed by atoms with Gasteiger partial charge in [-0.05, 0) is 43.5 Å².